The summed E-state index contributed by atoms with van der Waals surface area (Å²) in [5.41, 5.74) is 4.78. The SMILES string of the molecule is CCCCCCCCCN(CCCCCCCCC)CC(O)c1ccc2cc3c(nc2c1)CCCC3. The first-order chi connectivity index (χ1) is 17.7. The normalized spacial score (nSPS) is 14.4. The van der Waals surface area contributed by atoms with Gasteiger partial charge < -0.3 is 10.0 Å². The van der Waals surface area contributed by atoms with Crippen molar-refractivity contribution in [2.24, 2.45) is 0 Å². The first-order valence-electron chi connectivity index (χ1n) is 15.5. The summed E-state index contributed by atoms with van der Waals surface area (Å²) in [5.74, 6) is 0. The summed E-state index contributed by atoms with van der Waals surface area (Å²) < 4.78 is 0. The van der Waals surface area contributed by atoms with Gasteiger partial charge in [-0.05, 0) is 74.9 Å². The lowest BCUT2D eigenvalue weighted by atomic mass is 9.94. The number of fused-ring (bicyclic) bond motifs is 2. The third-order valence-electron chi connectivity index (χ3n) is 8.09. The van der Waals surface area contributed by atoms with Crippen molar-refractivity contribution in [1.29, 1.82) is 0 Å². The van der Waals surface area contributed by atoms with Crippen LogP contribution in [0.5, 0.6) is 0 Å². The van der Waals surface area contributed by atoms with Gasteiger partial charge >= 0.3 is 0 Å². The van der Waals surface area contributed by atoms with Gasteiger partial charge in [0.1, 0.15) is 0 Å². The van der Waals surface area contributed by atoms with Crippen LogP contribution in [0.2, 0.25) is 0 Å². The van der Waals surface area contributed by atoms with Gasteiger partial charge in [-0.15, -0.1) is 0 Å². The topological polar surface area (TPSA) is 36.4 Å². The van der Waals surface area contributed by atoms with Crippen LogP contribution in [0.4, 0.5) is 0 Å². The Hall–Kier alpha value is -1.45. The summed E-state index contributed by atoms with van der Waals surface area (Å²) >= 11 is 0. The molecular weight excluding hydrogens is 440 g/mol. The molecule has 1 atom stereocenters. The van der Waals surface area contributed by atoms with Gasteiger partial charge in [0.05, 0.1) is 11.6 Å². The van der Waals surface area contributed by atoms with E-state index in [1.54, 1.807) is 0 Å². The number of hydrogen-bond donors (Lipinski definition) is 1. The minimum absolute atomic E-state index is 0.443. The van der Waals surface area contributed by atoms with E-state index in [2.05, 4.69) is 43.0 Å². The highest BCUT2D eigenvalue weighted by atomic mass is 16.3. The molecule has 0 fully saturated rings. The molecule has 1 aliphatic carbocycles. The lowest BCUT2D eigenvalue weighted by molar-refractivity contribution is 0.110. The Bertz CT molecular complexity index is 846. The Balaban J connectivity index is 1.53. The van der Waals surface area contributed by atoms with Crippen LogP contribution in [0.1, 0.15) is 140 Å². The second-order valence-corrected chi connectivity index (χ2v) is 11.3. The number of aromatic nitrogens is 1. The molecule has 1 N–H and O–H groups in total. The highest BCUT2D eigenvalue weighted by Crippen LogP contribution is 2.26. The lowest BCUT2D eigenvalue weighted by Crippen LogP contribution is -2.31. The number of benzene rings is 1. The highest BCUT2D eigenvalue weighted by Gasteiger charge is 2.16. The van der Waals surface area contributed by atoms with E-state index < -0.39 is 6.10 Å². The molecule has 1 unspecified atom stereocenters. The van der Waals surface area contributed by atoms with Crippen LogP contribution in [0, 0.1) is 0 Å². The summed E-state index contributed by atoms with van der Waals surface area (Å²) in [4.78, 5) is 7.53. The first-order valence-corrected chi connectivity index (χ1v) is 15.5. The van der Waals surface area contributed by atoms with Crippen molar-refractivity contribution in [3.63, 3.8) is 0 Å². The summed E-state index contributed by atoms with van der Waals surface area (Å²) in [5, 5.41) is 12.4. The van der Waals surface area contributed by atoms with E-state index in [-0.39, 0.29) is 0 Å². The van der Waals surface area contributed by atoms with Crippen LogP contribution >= 0.6 is 0 Å². The maximum absolute atomic E-state index is 11.2. The molecular formula is C33H54N2O. The van der Waals surface area contributed by atoms with Gasteiger partial charge in [0.15, 0.2) is 0 Å². The molecule has 36 heavy (non-hydrogen) atoms. The predicted molar refractivity (Wildman–Crippen MR) is 156 cm³/mol. The van der Waals surface area contributed by atoms with Crippen LogP contribution in [0.3, 0.4) is 0 Å². The molecule has 202 valence electrons. The average molecular weight is 495 g/mol. The molecule has 2 aromatic rings. The van der Waals surface area contributed by atoms with Gasteiger partial charge in [0.25, 0.3) is 0 Å². The van der Waals surface area contributed by atoms with Crippen LogP contribution in [0.15, 0.2) is 24.3 Å². The third kappa shape index (κ3) is 10.1. The summed E-state index contributed by atoms with van der Waals surface area (Å²) in [6.45, 7) is 7.53. The van der Waals surface area contributed by atoms with Crippen molar-refractivity contribution in [3.05, 3.63) is 41.1 Å². The summed E-state index contributed by atoms with van der Waals surface area (Å²) in [7, 11) is 0. The third-order valence-corrected chi connectivity index (χ3v) is 8.09. The van der Waals surface area contributed by atoms with E-state index in [1.807, 2.05) is 0 Å². The fraction of sp³-hybridized carbons (Fsp3) is 0.727. The molecule has 1 aromatic heterocycles. The maximum atomic E-state index is 11.2. The zero-order chi connectivity index (χ0) is 25.4. The molecule has 0 bridgehead atoms. The quantitative estimate of drug-likeness (QED) is 0.198. The fourth-order valence-corrected chi connectivity index (χ4v) is 5.75. The Labute approximate surface area is 222 Å². The number of hydrogen-bond acceptors (Lipinski definition) is 3. The predicted octanol–water partition coefficient (Wildman–Crippen LogP) is 8.95. The van der Waals surface area contributed by atoms with Gasteiger partial charge in [-0.25, -0.2) is 0 Å². The second-order valence-electron chi connectivity index (χ2n) is 11.3. The Kier molecular flexibility index (Phi) is 13.9. The fourth-order valence-electron chi connectivity index (χ4n) is 5.75. The van der Waals surface area contributed by atoms with Crippen LogP contribution in [0.25, 0.3) is 10.9 Å². The van der Waals surface area contributed by atoms with Gasteiger partial charge in [0.2, 0.25) is 0 Å². The van der Waals surface area contributed by atoms with Crippen molar-refractivity contribution in [3.8, 4) is 0 Å². The van der Waals surface area contributed by atoms with Crippen LogP contribution < -0.4 is 0 Å². The Morgan fingerprint density at radius 2 is 1.33 bits per heavy atom. The van der Waals surface area contributed by atoms with Crippen LogP contribution in [-0.4, -0.2) is 34.6 Å². The first kappa shape index (κ1) is 29.1. The van der Waals surface area contributed by atoms with Gasteiger partial charge in [-0.1, -0.05) is 103 Å². The zero-order valence-corrected chi connectivity index (χ0v) is 23.6. The van der Waals surface area contributed by atoms with Gasteiger partial charge in [-0.2, -0.15) is 0 Å². The number of unbranched alkanes of at least 4 members (excludes halogenated alkanes) is 12. The Morgan fingerprint density at radius 1 is 0.750 bits per heavy atom. The zero-order valence-electron chi connectivity index (χ0n) is 23.6. The van der Waals surface area contributed by atoms with Crippen molar-refractivity contribution >= 4 is 10.9 Å². The number of aryl methyl sites for hydroxylation is 2. The maximum Gasteiger partial charge on any atom is 0.0917 e. The standard InChI is InChI=1S/C33H54N2O/c1-3-5-7-9-11-13-17-23-35(24-18-14-12-10-8-6-4-2)27-33(36)30-22-21-29-25-28-19-15-16-20-31(28)34-32(29)26-30/h21-22,25-26,33,36H,3-20,23-24,27H2,1-2H3. The molecule has 0 radical (unpaired) electrons. The lowest BCUT2D eigenvalue weighted by Gasteiger charge is -2.25. The second kappa shape index (κ2) is 17.1. The minimum atomic E-state index is -0.443. The van der Waals surface area contributed by atoms with E-state index in [1.165, 1.54) is 119 Å². The average Bonchev–Trinajstić information content (AvgIpc) is 2.90. The van der Waals surface area contributed by atoms with E-state index in [0.717, 1.165) is 43.6 Å². The molecule has 0 spiro atoms. The number of aliphatic hydroxyl groups excluding tert-OH is 1. The van der Waals surface area contributed by atoms with Crippen molar-refractivity contribution < 1.29 is 5.11 Å². The molecule has 1 aromatic carbocycles. The number of aliphatic hydroxyl groups is 1. The molecule has 0 aliphatic heterocycles. The van der Waals surface area contributed by atoms with Crippen LogP contribution in [-0.2, 0) is 12.8 Å². The van der Waals surface area contributed by atoms with E-state index in [0.29, 0.717) is 0 Å². The van der Waals surface area contributed by atoms with Gasteiger partial charge in [0, 0.05) is 17.6 Å². The number of rotatable bonds is 19. The molecule has 1 heterocycles. The Morgan fingerprint density at radius 3 is 1.97 bits per heavy atom. The highest BCUT2D eigenvalue weighted by molar-refractivity contribution is 5.80. The van der Waals surface area contributed by atoms with Crippen molar-refractivity contribution in [1.82, 2.24) is 9.88 Å². The molecule has 3 heteroatoms. The summed E-state index contributed by atoms with van der Waals surface area (Å²) in [6, 6.07) is 8.78. The molecule has 1 aliphatic rings. The molecule has 3 rings (SSSR count). The minimum Gasteiger partial charge on any atom is -0.387 e. The molecule has 0 saturated carbocycles. The van der Waals surface area contributed by atoms with Crippen molar-refractivity contribution in [2.75, 3.05) is 19.6 Å². The smallest absolute Gasteiger partial charge is 0.0917 e. The molecule has 0 amide bonds. The molecule has 3 nitrogen and oxygen atoms in total. The van der Waals surface area contributed by atoms with Gasteiger partial charge in [-0.3, -0.25) is 4.98 Å². The summed E-state index contributed by atoms with van der Waals surface area (Å²) in [6.07, 6.45) is 23.1. The van der Waals surface area contributed by atoms with E-state index >= 15 is 0 Å². The molecule has 0 saturated heterocycles. The van der Waals surface area contributed by atoms with Crippen molar-refractivity contribution in [2.45, 2.75) is 136 Å². The monoisotopic (exact) mass is 494 g/mol. The number of pyridine rings is 1. The van der Waals surface area contributed by atoms with E-state index in [9.17, 15) is 5.11 Å². The van der Waals surface area contributed by atoms with E-state index in [4.69, 9.17) is 4.98 Å². The number of nitrogens with zero attached hydrogens (tertiary/aromatic N) is 2. The largest absolute Gasteiger partial charge is 0.387 e.